The molecule has 3 aromatic rings. The molecule has 35 heavy (non-hydrogen) atoms. The van der Waals surface area contributed by atoms with Gasteiger partial charge in [-0.25, -0.2) is 0 Å². The zero-order chi connectivity index (χ0) is 25.1. The van der Waals surface area contributed by atoms with E-state index in [1.807, 2.05) is 45.9 Å². The van der Waals surface area contributed by atoms with Crippen molar-refractivity contribution in [2.24, 2.45) is 0 Å². The van der Waals surface area contributed by atoms with Crippen molar-refractivity contribution in [3.63, 3.8) is 0 Å². The minimum atomic E-state index is -0.646. The van der Waals surface area contributed by atoms with E-state index in [9.17, 15) is 4.79 Å². The zero-order valence-corrected chi connectivity index (χ0v) is 20.9. The van der Waals surface area contributed by atoms with Crippen LogP contribution in [0.15, 0.2) is 45.1 Å². The Morgan fingerprint density at radius 1 is 1.00 bits per heavy atom. The van der Waals surface area contributed by atoms with Gasteiger partial charge in [-0.15, -0.1) is 0 Å². The first-order chi connectivity index (χ1) is 16.7. The van der Waals surface area contributed by atoms with Crippen molar-refractivity contribution in [2.45, 2.75) is 39.4 Å². The second-order valence-corrected chi connectivity index (χ2v) is 9.39. The molecule has 2 aliphatic heterocycles. The maximum Gasteiger partial charge on any atom is 0.204 e. The van der Waals surface area contributed by atoms with Gasteiger partial charge >= 0.3 is 0 Å². The van der Waals surface area contributed by atoms with Gasteiger partial charge in [0.15, 0.2) is 11.5 Å². The van der Waals surface area contributed by atoms with Crippen LogP contribution in [0.2, 0.25) is 0 Å². The second kappa shape index (κ2) is 8.12. The van der Waals surface area contributed by atoms with Gasteiger partial charge in [-0.3, -0.25) is 4.79 Å². The van der Waals surface area contributed by atoms with Crippen LogP contribution in [0.5, 0.6) is 28.7 Å². The number of rotatable bonds is 4. The van der Waals surface area contributed by atoms with E-state index in [0.717, 1.165) is 5.57 Å². The minimum Gasteiger partial charge on any atom is -0.495 e. The average molecular weight is 477 g/mol. The normalized spacial score (nSPS) is 16.8. The molecule has 0 saturated carbocycles. The van der Waals surface area contributed by atoms with Crippen molar-refractivity contribution >= 4 is 17.0 Å². The summed E-state index contributed by atoms with van der Waals surface area (Å²) in [5, 5.41) is 0.345. The standard InChI is InChI=1S/C28H28O7/c1-14(2)10-21-24-25(29)23-22(13-18-15(26(23)32-7)8-9-28(3,4)35-18)34-27(24)16-11-19(30-5)20(31-6)12-17(16)33-21/h8-13,21H,1-7H3. The van der Waals surface area contributed by atoms with Gasteiger partial charge < -0.3 is 28.1 Å². The van der Waals surface area contributed by atoms with E-state index in [2.05, 4.69) is 0 Å². The van der Waals surface area contributed by atoms with Crippen molar-refractivity contribution in [1.82, 2.24) is 0 Å². The Kier molecular flexibility index (Phi) is 5.31. The van der Waals surface area contributed by atoms with Crippen LogP contribution in [0.3, 0.4) is 0 Å². The molecule has 5 rings (SSSR count). The Morgan fingerprint density at radius 3 is 2.37 bits per heavy atom. The van der Waals surface area contributed by atoms with E-state index < -0.39 is 11.7 Å². The number of benzene rings is 2. The highest BCUT2D eigenvalue weighted by Crippen LogP contribution is 2.49. The highest BCUT2D eigenvalue weighted by molar-refractivity contribution is 5.93. The molecular formula is C28H28O7. The second-order valence-electron chi connectivity index (χ2n) is 9.39. The van der Waals surface area contributed by atoms with E-state index in [1.54, 1.807) is 32.4 Å². The van der Waals surface area contributed by atoms with E-state index >= 15 is 0 Å². The maximum atomic E-state index is 14.1. The first kappa shape index (κ1) is 22.9. The van der Waals surface area contributed by atoms with Crippen LogP contribution in [0.25, 0.3) is 28.4 Å². The van der Waals surface area contributed by atoms with Crippen LogP contribution in [-0.4, -0.2) is 26.9 Å². The van der Waals surface area contributed by atoms with E-state index in [4.69, 9.17) is 28.1 Å². The summed E-state index contributed by atoms with van der Waals surface area (Å²) in [6, 6.07) is 5.27. The molecule has 0 bridgehead atoms. The highest BCUT2D eigenvalue weighted by Gasteiger charge is 2.35. The monoisotopic (exact) mass is 476 g/mol. The summed E-state index contributed by atoms with van der Waals surface area (Å²) in [5.41, 5.74) is 2.36. The summed E-state index contributed by atoms with van der Waals surface area (Å²) >= 11 is 0. The van der Waals surface area contributed by atoms with Crippen LogP contribution in [0.1, 0.15) is 44.9 Å². The third-order valence-corrected chi connectivity index (χ3v) is 6.16. The molecule has 182 valence electrons. The van der Waals surface area contributed by atoms with E-state index in [0.29, 0.717) is 62.2 Å². The van der Waals surface area contributed by atoms with Crippen LogP contribution in [0, 0.1) is 0 Å². The molecule has 1 aromatic heterocycles. The Morgan fingerprint density at radius 2 is 1.71 bits per heavy atom. The lowest BCUT2D eigenvalue weighted by Crippen LogP contribution is -2.28. The molecule has 0 radical (unpaired) electrons. The topological polar surface area (TPSA) is 76.4 Å². The SMILES string of the molecule is COc1cc2c(cc1OC)-c1oc3cc4c(c(OC)c3c(=O)c1C(C=C(C)C)O2)C=CC(C)(C)O4. The predicted molar refractivity (Wildman–Crippen MR) is 134 cm³/mol. The minimum absolute atomic E-state index is 0.220. The van der Waals surface area contributed by atoms with Crippen LogP contribution >= 0.6 is 0 Å². The molecule has 1 unspecified atom stereocenters. The highest BCUT2D eigenvalue weighted by atomic mass is 16.5. The molecule has 0 saturated heterocycles. The molecule has 3 heterocycles. The van der Waals surface area contributed by atoms with Crippen LogP contribution in [-0.2, 0) is 0 Å². The quantitative estimate of drug-likeness (QED) is 0.423. The molecule has 2 aliphatic rings. The van der Waals surface area contributed by atoms with Crippen molar-refractivity contribution in [1.29, 1.82) is 0 Å². The molecule has 0 spiro atoms. The Bertz CT molecular complexity index is 1470. The van der Waals surface area contributed by atoms with Gasteiger partial charge in [-0.2, -0.15) is 0 Å². The third kappa shape index (κ3) is 3.62. The van der Waals surface area contributed by atoms with Crippen molar-refractivity contribution < 1.29 is 28.1 Å². The fourth-order valence-corrected chi connectivity index (χ4v) is 4.59. The lowest BCUT2D eigenvalue weighted by Gasteiger charge is -2.30. The Balaban J connectivity index is 1.88. The van der Waals surface area contributed by atoms with Gasteiger partial charge in [-0.1, -0.05) is 5.57 Å². The van der Waals surface area contributed by atoms with Gasteiger partial charge in [0.25, 0.3) is 0 Å². The summed E-state index contributed by atoms with van der Waals surface area (Å²) in [6.45, 7) is 7.83. The van der Waals surface area contributed by atoms with Gasteiger partial charge in [-0.05, 0) is 52.0 Å². The van der Waals surface area contributed by atoms with Crippen LogP contribution < -0.4 is 29.1 Å². The molecule has 1 atom stereocenters. The number of allylic oxidation sites excluding steroid dienone is 1. The van der Waals surface area contributed by atoms with Gasteiger partial charge in [0, 0.05) is 12.1 Å². The van der Waals surface area contributed by atoms with E-state index in [-0.39, 0.29) is 5.43 Å². The first-order valence-corrected chi connectivity index (χ1v) is 11.4. The van der Waals surface area contributed by atoms with Crippen molar-refractivity contribution in [3.05, 3.63) is 57.3 Å². The maximum absolute atomic E-state index is 14.1. The fourth-order valence-electron chi connectivity index (χ4n) is 4.59. The molecule has 0 N–H and O–H groups in total. The van der Waals surface area contributed by atoms with Gasteiger partial charge in [0.05, 0.1) is 38.0 Å². The lowest BCUT2D eigenvalue weighted by atomic mass is 9.94. The molecule has 7 heteroatoms. The summed E-state index contributed by atoms with van der Waals surface area (Å²) in [7, 11) is 4.66. The smallest absolute Gasteiger partial charge is 0.204 e. The lowest BCUT2D eigenvalue weighted by molar-refractivity contribution is 0.158. The molecule has 0 aliphatic carbocycles. The number of ether oxygens (including phenoxy) is 5. The Labute approximate surface area is 203 Å². The molecule has 0 amide bonds. The van der Waals surface area contributed by atoms with Gasteiger partial charge in [0.2, 0.25) is 5.43 Å². The fraction of sp³-hybridized carbons (Fsp3) is 0.321. The van der Waals surface area contributed by atoms with Crippen LogP contribution in [0.4, 0.5) is 0 Å². The largest absolute Gasteiger partial charge is 0.495 e. The average Bonchev–Trinajstić information content (AvgIpc) is 2.80. The molecule has 0 fully saturated rings. The summed E-state index contributed by atoms with van der Waals surface area (Å²) < 4.78 is 35.6. The number of fused-ring (bicyclic) bond motifs is 5. The molecule has 2 aromatic carbocycles. The number of hydrogen-bond donors (Lipinski definition) is 0. The Hall–Kier alpha value is -3.87. The zero-order valence-electron chi connectivity index (χ0n) is 20.9. The summed E-state index contributed by atoms with van der Waals surface area (Å²) in [6.07, 6.45) is 5.12. The molecular weight excluding hydrogens is 448 g/mol. The van der Waals surface area contributed by atoms with Gasteiger partial charge in [0.1, 0.15) is 45.7 Å². The molecule has 7 nitrogen and oxygen atoms in total. The van der Waals surface area contributed by atoms with Crippen molar-refractivity contribution in [2.75, 3.05) is 21.3 Å². The predicted octanol–water partition coefficient (Wildman–Crippen LogP) is 6.07. The van der Waals surface area contributed by atoms with Crippen molar-refractivity contribution in [3.8, 4) is 40.1 Å². The third-order valence-electron chi connectivity index (χ3n) is 6.16. The summed E-state index contributed by atoms with van der Waals surface area (Å²) in [4.78, 5) is 14.1. The number of methoxy groups -OCH3 is 3. The first-order valence-electron chi connectivity index (χ1n) is 11.4. The van der Waals surface area contributed by atoms with E-state index in [1.165, 1.54) is 7.11 Å². The number of hydrogen-bond acceptors (Lipinski definition) is 7. The summed E-state index contributed by atoms with van der Waals surface area (Å²) in [5.74, 6) is 2.97.